The molecule has 3 atom stereocenters. The van der Waals surface area contributed by atoms with Gasteiger partial charge in [0.25, 0.3) is 0 Å². The van der Waals surface area contributed by atoms with E-state index in [1.165, 1.54) is 7.11 Å². The molecular formula is C19H26N2O5. The van der Waals surface area contributed by atoms with E-state index in [4.69, 9.17) is 9.47 Å². The van der Waals surface area contributed by atoms with Crippen LogP contribution >= 0.6 is 0 Å². The fraction of sp³-hybridized carbons (Fsp3) is 0.526. The lowest BCUT2D eigenvalue weighted by molar-refractivity contribution is -0.145. The number of carbonyl (C=O) groups is 3. The predicted molar refractivity (Wildman–Crippen MR) is 95.0 cm³/mol. The molecule has 1 aromatic carbocycles. The number of hydrogen-bond acceptors (Lipinski definition) is 6. The molecule has 0 aromatic heterocycles. The van der Waals surface area contributed by atoms with Crippen molar-refractivity contribution in [1.29, 1.82) is 0 Å². The zero-order chi connectivity index (χ0) is 19.1. The van der Waals surface area contributed by atoms with E-state index < -0.39 is 18.1 Å². The second-order valence-electron chi connectivity index (χ2n) is 6.75. The van der Waals surface area contributed by atoms with Crippen LogP contribution in [0, 0.1) is 5.92 Å². The molecule has 1 aliphatic rings. The number of ether oxygens (including phenoxy) is 2. The van der Waals surface area contributed by atoms with Gasteiger partial charge in [-0.25, -0.2) is 0 Å². The van der Waals surface area contributed by atoms with Crippen LogP contribution in [0.3, 0.4) is 0 Å². The van der Waals surface area contributed by atoms with E-state index in [9.17, 15) is 14.4 Å². The molecule has 0 saturated carbocycles. The van der Waals surface area contributed by atoms with Gasteiger partial charge in [-0.1, -0.05) is 44.2 Å². The summed E-state index contributed by atoms with van der Waals surface area (Å²) >= 11 is 0. The van der Waals surface area contributed by atoms with Crippen molar-refractivity contribution in [3.8, 4) is 0 Å². The topological polar surface area (TPSA) is 93.7 Å². The molecule has 1 aliphatic heterocycles. The summed E-state index contributed by atoms with van der Waals surface area (Å²) in [5.74, 6) is -0.948. The zero-order valence-corrected chi connectivity index (χ0v) is 15.4. The van der Waals surface area contributed by atoms with Gasteiger partial charge in [0.1, 0.15) is 12.6 Å². The van der Waals surface area contributed by atoms with Gasteiger partial charge in [-0.15, -0.1) is 0 Å². The summed E-state index contributed by atoms with van der Waals surface area (Å²) in [5, 5.41) is 5.94. The Bertz CT molecular complexity index is 632. The molecule has 0 bridgehead atoms. The van der Waals surface area contributed by atoms with Gasteiger partial charge in [-0.3, -0.25) is 19.7 Å². The molecule has 7 heteroatoms. The van der Waals surface area contributed by atoms with E-state index in [0.717, 1.165) is 5.56 Å². The third-order valence-corrected chi connectivity index (χ3v) is 4.38. The van der Waals surface area contributed by atoms with E-state index >= 15 is 0 Å². The van der Waals surface area contributed by atoms with Crippen LogP contribution in [-0.4, -0.2) is 43.1 Å². The van der Waals surface area contributed by atoms with E-state index in [1.807, 2.05) is 44.2 Å². The Labute approximate surface area is 153 Å². The summed E-state index contributed by atoms with van der Waals surface area (Å²) in [5.41, 5.74) is 0.900. The first-order valence-corrected chi connectivity index (χ1v) is 8.73. The maximum atomic E-state index is 12.1. The first-order valence-electron chi connectivity index (χ1n) is 8.73. The molecule has 142 valence electrons. The van der Waals surface area contributed by atoms with E-state index in [0.29, 0.717) is 0 Å². The maximum absolute atomic E-state index is 12.1. The third kappa shape index (κ3) is 5.56. The van der Waals surface area contributed by atoms with Crippen LogP contribution < -0.4 is 10.6 Å². The number of rotatable bonds is 8. The van der Waals surface area contributed by atoms with Crippen molar-refractivity contribution in [3.05, 3.63) is 35.9 Å². The molecule has 7 nitrogen and oxygen atoms in total. The summed E-state index contributed by atoms with van der Waals surface area (Å²) < 4.78 is 10.1. The highest BCUT2D eigenvalue weighted by atomic mass is 16.5. The molecule has 1 aromatic rings. The minimum atomic E-state index is -0.541. The highest BCUT2D eigenvalue weighted by molar-refractivity contribution is 5.82. The monoisotopic (exact) mass is 362 g/mol. The van der Waals surface area contributed by atoms with Gasteiger partial charge in [0.05, 0.1) is 19.6 Å². The van der Waals surface area contributed by atoms with Crippen molar-refractivity contribution in [2.24, 2.45) is 5.92 Å². The maximum Gasteiger partial charge on any atom is 0.323 e. The van der Waals surface area contributed by atoms with Crippen LogP contribution in [0.1, 0.15) is 32.3 Å². The fourth-order valence-corrected chi connectivity index (χ4v) is 2.94. The lowest BCUT2D eigenvalue weighted by Crippen LogP contribution is -2.51. The number of amides is 1. The highest BCUT2D eigenvalue weighted by Gasteiger charge is 2.37. The van der Waals surface area contributed by atoms with Crippen molar-refractivity contribution in [2.75, 3.05) is 7.11 Å². The molecule has 1 amide bonds. The molecule has 1 fully saturated rings. The molecule has 26 heavy (non-hydrogen) atoms. The zero-order valence-electron chi connectivity index (χ0n) is 15.4. The van der Waals surface area contributed by atoms with Gasteiger partial charge in [0, 0.05) is 12.5 Å². The number of hydrogen-bond donors (Lipinski definition) is 2. The molecule has 0 unspecified atom stereocenters. The number of nitrogens with one attached hydrogen (secondary N) is 2. The summed E-state index contributed by atoms with van der Waals surface area (Å²) in [4.78, 5) is 35.9. The number of methoxy groups -OCH3 is 1. The smallest absolute Gasteiger partial charge is 0.323 e. The minimum Gasteiger partial charge on any atom is -0.468 e. The normalized spacial score (nSPS) is 20.5. The second kappa shape index (κ2) is 9.33. The van der Waals surface area contributed by atoms with Crippen LogP contribution in [0.25, 0.3) is 0 Å². The Balaban J connectivity index is 1.92. The van der Waals surface area contributed by atoms with Crippen LogP contribution in [-0.2, 0) is 30.5 Å². The average Bonchev–Trinajstić information content (AvgIpc) is 2.96. The molecular weight excluding hydrogens is 336 g/mol. The summed E-state index contributed by atoms with van der Waals surface area (Å²) in [6, 6.07) is 8.09. The number of benzene rings is 1. The Hall–Kier alpha value is -2.41. The lowest BCUT2D eigenvalue weighted by atomic mass is 10.00. The number of esters is 2. The second-order valence-corrected chi connectivity index (χ2v) is 6.75. The number of carbonyl (C=O) groups excluding carboxylic acids is 3. The van der Waals surface area contributed by atoms with E-state index in [-0.39, 0.29) is 43.3 Å². The van der Waals surface area contributed by atoms with Gasteiger partial charge < -0.3 is 14.8 Å². The van der Waals surface area contributed by atoms with E-state index in [2.05, 4.69) is 10.6 Å². The molecule has 2 rings (SSSR count). The summed E-state index contributed by atoms with van der Waals surface area (Å²) in [7, 11) is 1.33. The largest absolute Gasteiger partial charge is 0.468 e. The Morgan fingerprint density at radius 3 is 2.58 bits per heavy atom. The quantitative estimate of drug-likeness (QED) is 0.674. The summed E-state index contributed by atoms with van der Waals surface area (Å²) in [6.07, 6.45) is 0.249. The third-order valence-electron chi connectivity index (χ3n) is 4.38. The van der Waals surface area contributed by atoms with Crippen molar-refractivity contribution in [3.63, 3.8) is 0 Å². The molecule has 0 radical (unpaired) electrons. The van der Waals surface area contributed by atoms with Crippen molar-refractivity contribution in [1.82, 2.24) is 10.6 Å². The van der Waals surface area contributed by atoms with Gasteiger partial charge in [0.15, 0.2) is 0 Å². The van der Waals surface area contributed by atoms with Gasteiger partial charge in [0.2, 0.25) is 5.91 Å². The SMILES string of the molecule is COC(=O)[C@@H](N[C@H]1CC(=O)N[C@@H]1CC(=O)OCc1ccccc1)C(C)C. The molecule has 2 N–H and O–H groups in total. The Morgan fingerprint density at radius 2 is 1.96 bits per heavy atom. The molecule has 0 aliphatic carbocycles. The van der Waals surface area contributed by atoms with Crippen LogP contribution in [0.5, 0.6) is 0 Å². The lowest BCUT2D eigenvalue weighted by Gasteiger charge is -2.26. The standard InChI is InChI=1S/C19H26N2O5/c1-12(2)18(19(24)25-3)21-14-9-16(22)20-15(14)10-17(23)26-11-13-7-5-4-6-8-13/h4-8,12,14-15,18,21H,9-11H2,1-3H3,(H,20,22)/t14-,15+,18-/m0/s1. The van der Waals surface area contributed by atoms with Gasteiger partial charge in [-0.05, 0) is 11.5 Å². The molecule has 1 heterocycles. The molecule has 0 spiro atoms. The Morgan fingerprint density at radius 1 is 1.27 bits per heavy atom. The van der Waals surface area contributed by atoms with Crippen LogP contribution in [0.2, 0.25) is 0 Å². The molecule has 1 saturated heterocycles. The van der Waals surface area contributed by atoms with Crippen molar-refractivity contribution < 1.29 is 23.9 Å². The van der Waals surface area contributed by atoms with Crippen LogP contribution in [0.15, 0.2) is 30.3 Å². The average molecular weight is 362 g/mol. The fourth-order valence-electron chi connectivity index (χ4n) is 2.94. The van der Waals surface area contributed by atoms with Gasteiger partial charge in [-0.2, -0.15) is 0 Å². The Kier molecular flexibility index (Phi) is 7.15. The van der Waals surface area contributed by atoms with E-state index in [1.54, 1.807) is 0 Å². The van der Waals surface area contributed by atoms with Gasteiger partial charge >= 0.3 is 11.9 Å². The highest BCUT2D eigenvalue weighted by Crippen LogP contribution is 2.16. The van der Waals surface area contributed by atoms with Crippen molar-refractivity contribution in [2.45, 2.75) is 51.4 Å². The minimum absolute atomic E-state index is 0.0103. The first-order chi connectivity index (χ1) is 12.4. The predicted octanol–water partition coefficient (Wildman–Crippen LogP) is 1.16. The van der Waals surface area contributed by atoms with Crippen LogP contribution in [0.4, 0.5) is 0 Å². The summed E-state index contributed by atoms with van der Waals surface area (Å²) in [6.45, 7) is 3.97. The first kappa shape index (κ1) is 19.9. The van der Waals surface area contributed by atoms with Crippen molar-refractivity contribution >= 4 is 17.8 Å².